The number of rotatable bonds is 2. The molecule has 0 amide bonds. The Labute approximate surface area is 102 Å². The first kappa shape index (κ1) is 10.8. The number of nitrogens with one attached hydrogen (secondary N) is 1. The Morgan fingerprint density at radius 1 is 1.47 bits per heavy atom. The summed E-state index contributed by atoms with van der Waals surface area (Å²) in [7, 11) is 0. The van der Waals surface area contributed by atoms with Gasteiger partial charge in [0.2, 0.25) is 0 Å². The molecule has 1 unspecified atom stereocenters. The van der Waals surface area contributed by atoms with Crippen molar-refractivity contribution in [3.8, 4) is 0 Å². The summed E-state index contributed by atoms with van der Waals surface area (Å²) in [6, 6.07) is 4.84. The molecule has 2 aromatic heterocycles. The van der Waals surface area contributed by atoms with Crippen molar-refractivity contribution in [1.82, 2.24) is 14.7 Å². The fraction of sp³-hybridized carbons (Fsp3) is 0.500. The average molecular weight is 229 g/mol. The maximum absolute atomic E-state index is 4.57. The molecule has 1 saturated heterocycles. The van der Waals surface area contributed by atoms with Gasteiger partial charge in [-0.05, 0) is 37.9 Å². The van der Waals surface area contributed by atoms with E-state index in [4.69, 9.17) is 0 Å². The van der Waals surface area contributed by atoms with Crippen molar-refractivity contribution in [2.45, 2.75) is 38.6 Å². The number of hydrogen-bond donors (Lipinski definition) is 1. The van der Waals surface area contributed by atoms with Crippen LogP contribution in [0, 0.1) is 6.92 Å². The van der Waals surface area contributed by atoms with E-state index in [1.807, 2.05) is 6.20 Å². The largest absolute Gasteiger partial charge is 0.314 e. The highest BCUT2D eigenvalue weighted by atomic mass is 15.0. The van der Waals surface area contributed by atoms with Crippen LogP contribution in [0.4, 0.5) is 0 Å². The van der Waals surface area contributed by atoms with Gasteiger partial charge in [0.1, 0.15) is 5.82 Å². The summed E-state index contributed by atoms with van der Waals surface area (Å²) < 4.78 is 2.23. The molecule has 0 aromatic carbocycles. The highest BCUT2D eigenvalue weighted by Gasteiger charge is 2.15. The van der Waals surface area contributed by atoms with Gasteiger partial charge in [-0.25, -0.2) is 4.98 Å². The maximum atomic E-state index is 4.57. The minimum atomic E-state index is 0.606. The molecule has 1 aliphatic heterocycles. The lowest BCUT2D eigenvalue weighted by Crippen LogP contribution is -2.36. The van der Waals surface area contributed by atoms with Crippen LogP contribution in [0.1, 0.15) is 30.7 Å². The second-order valence-electron chi connectivity index (χ2n) is 4.97. The van der Waals surface area contributed by atoms with Gasteiger partial charge < -0.3 is 9.72 Å². The SMILES string of the molecule is Cc1cccn2c(CC3CCCCN3)ncc12. The van der Waals surface area contributed by atoms with Crippen molar-refractivity contribution in [2.24, 2.45) is 0 Å². The molecule has 1 N–H and O–H groups in total. The molecule has 2 aromatic rings. The second kappa shape index (κ2) is 4.49. The third-order valence-electron chi connectivity index (χ3n) is 3.70. The van der Waals surface area contributed by atoms with E-state index < -0.39 is 0 Å². The third kappa shape index (κ3) is 2.07. The number of nitrogens with zero attached hydrogens (tertiary/aromatic N) is 2. The Morgan fingerprint density at radius 2 is 2.41 bits per heavy atom. The van der Waals surface area contributed by atoms with Gasteiger partial charge in [0, 0.05) is 18.7 Å². The maximum Gasteiger partial charge on any atom is 0.114 e. The smallest absolute Gasteiger partial charge is 0.114 e. The molecule has 1 fully saturated rings. The van der Waals surface area contributed by atoms with Crippen LogP contribution in [-0.4, -0.2) is 22.0 Å². The quantitative estimate of drug-likeness (QED) is 0.856. The minimum absolute atomic E-state index is 0.606. The zero-order valence-electron chi connectivity index (χ0n) is 10.3. The summed E-state index contributed by atoms with van der Waals surface area (Å²) in [6.07, 6.45) is 9.09. The number of imidazole rings is 1. The summed E-state index contributed by atoms with van der Waals surface area (Å²) in [5.74, 6) is 1.18. The first-order chi connectivity index (χ1) is 8.34. The molecule has 3 heteroatoms. The van der Waals surface area contributed by atoms with Crippen molar-refractivity contribution in [3.05, 3.63) is 35.9 Å². The van der Waals surface area contributed by atoms with E-state index in [1.54, 1.807) is 0 Å². The normalized spacial score (nSPS) is 20.9. The van der Waals surface area contributed by atoms with E-state index >= 15 is 0 Å². The fourth-order valence-electron chi connectivity index (χ4n) is 2.69. The van der Waals surface area contributed by atoms with Gasteiger partial charge in [-0.15, -0.1) is 0 Å². The molecule has 90 valence electrons. The first-order valence-electron chi connectivity index (χ1n) is 6.49. The Bertz CT molecular complexity index is 509. The van der Waals surface area contributed by atoms with Crippen LogP contribution in [0.15, 0.2) is 24.5 Å². The van der Waals surface area contributed by atoms with E-state index in [0.29, 0.717) is 6.04 Å². The highest BCUT2D eigenvalue weighted by molar-refractivity contribution is 5.53. The average Bonchev–Trinajstić information content (AvgIpc) is 2.76. The Morgan fingerprint density at radius 3 is 3.24 bits per heavy atom. The Balaban J connectivity index is 1.87. The number of hydrogen-bond acceptors (Lipinski definition) is 2. The Hall–Kier alpha value is -1.35. The molecule has 0 aliphatic carbocycles. The van der Waals surface area contributed by atoms with E-state index in [0.717, 1.165) is 13.0 Å². The van der Waals surface area contributed by atoms with E-state index in [2.05, 4.69) is 40.0 Å². The molecule has 0 radical (unpaired) electrons. The fourth-order valence-corrected chi connectivity index (χ4v) is 2.69. The molecule has 0 saturated carbocycles. The summed E-state index contributed by atoms with van der Waals surface area (Å²) in [5.41, 5.74) is 2.53. The third-order valence-corrected chi connectivity index (χ3v) is 3.70. The number of piperidine rings is 1. The number of aromatic nitrogens is 2. The molecule has 0 spiro atoms. The summed E-state index contributed by atoms with van der Waals surface area (Å²) in [6.45, 7) is 3.30. The van der Waals surface area contributed by atoms with Crippen LogP contribution in [0.3, 0.4) is 0 Å². The molecular formula is C14H19N3. The van der Waals surface area contributed by atoms with Crippen LogP contribution in [0.5, 0.6) is 0 Å². The monoisotopic (exact) mass is 229 g/mol. The molecule has 1 atom stereocenters. The van der Waals surface area contributed by atoms with Crippen LogP contribution in [0.25, 0.3) is 5.52 Å². The summed E-state index contributed by atoms with van der Waals surface area (Å²) in [5, 5.41) is 3.58. The van der Waals surface area contributed by atoms with Gasteiger partial charge in [-0.1, -0.05) is 12.5 Å². The van der Waals surface area contributed by atoms with Crippen molar-refractivity contribution in [1.29, 1.82) is 0 Å². The molecule has 17 heavy (non-hydrogen) atoms. The number of aryl methyl sites for hydroxylation is 1. The zero-order chi connectivity index (χ0) is 11.7. The predicted octanol–water partition coefficient (Wildman–Crippen LogP) is 2.33. The van der Waals surface area contributed by atoms with Crippen LogP contribution in [-0.2, 0) is 6.42 Å². The van der Waals surface area contributed by atoms with Crippen molar-refractivity contribution in [3.63, 3.8) is 0 Å². The lowest BCUT2D eigenvalue weighted by Gasteiger charge is -2.22. The molecule has 0 bridgehead atoms. The van der Waals surface area contributed by atoms with Gasteiger partial charge in [0.25, 0.3) is 0 Å². The van der Waals surface area contributed by atoms with Crippen LogP contribution >= 0.6 is 0 Å². The second-order valence-corrected chi connectivity index (χ2v) is 4.97. The Kier molecular flexibility index (Phi) is 2.85. The minimum Gasteiger partial charge on any atom is -0.314 e. The summed E-state index contributed by atoms with van der Waals surface area (Å²) >= 11 is 0. The van der Waals surface area contributed by atoms with Gasteiger partial charge >= 0.3 is 0 Å². The van der Waals surface area contributed by atoms with Crippen LogP contribution < -0.4 is 5.32 Å². The highest BCUT2D eigenvalue weighted by Crippen LogP contribution is 2.15. The van der Waals surface area contributed by atoms with Crippen molar-refractivity contribution in [2.75, 3.05) is 6.54 Å². The van der Waals surface area contributed by atoms with Crippen molar-refractivity contribution < 1.29 is 0 Å². The van der Waals surface area contributed by atoms with E-state index in [1.165, 1.54) is 36.2 Å². The molecule has 3 rings (SSSR count). The zero-order valence-corrected chi connectivity index (χ0v) is 10.3. The van der Waals surface area contributed by atoms with Gasteiger partial charge in [-0.2, -0.15) is 0 Å². The van der Waals surface area contributed by atoms with Crippen molar-refractivity contribution >= 4 is 5.52 Å². The lowest BCUT2D eigenvalue weighted by molar-refractivity contribution is 0.394. The standard InChI is InChI=1S/C14H19N3/c1-11-5-4-8-17-13(11)10-16-14(17)9-12-6-2-3-7-15-12/h4-5,8,10,12,15H,2-3,6-7,9H2,1H3. The van der Waals surface area contributed by atoms with Gasteiger partial charge in [0.05, 0.1) is 11.7 Å². The summed E-state index contributed by atoms with van der Waals surface area (Å²) in [4.78, 5) is 4.57. The lowest BCUT2D eigenvalue weighted by atomic mass is 10.0. The molecule has 3 heterocycles. The van der Waals surface area contributed by atoms with E-state index in [9.17, 15) is 0 Å². The molecule has 1 aliphatic rings. The number of fused-ring (bicyclic) bond motifs is 1. The topological polar surface area (TPSA) is 29.3 Å². The van der Waals surface area contributed by atoms with Gasteiger partial charge in [0.15, 0.2) is 0 Å². The molecular weight excluding hydrogens is 210 g/mol. The molecule has 3 nitrogen and oxygen atoms in total. The first-order valence-corrected chi connectivity index (χ1v) is 6.49. The predicted molar refractivity (Wildman–Crippen MR) is 69.3 cm³/mol. The van der Waals surface area contributed by atoms with E-state index in [-0.39, 0.29) is 0 Å². The van der Waals surface area contributed by atoms with Gasteiger partial charge in [-0.3, -0.25) is 0 Å². The van der Waals surface area contributed by atoms with Crippen LogP contribution in [0.2, 0.25) is 0 Å². The number of pyridine rings is 1.